The Labute approximate surface area is 177 Å². The molecule has 0 unspecified atom stereocenters. The van der Waals surface area contributed by atoms with E-state index in [9.17, 15) is 4.79 Å². The SMILES string of the molecule is CN(C)c1ccc(/C=N/NC(=O)c2nnn(-c3nonc3N)c2-c2ccccc2)cc1. The van der Waals surface area contributed by atoms with Crippen molar-refractivity contribution in [2.75, 3.05) is 24.7 Å². The third-order valence-electron chi connectivity index (χ3n) is 4.42. The second-order valence-electron chi connectivity index (χ2n) is 6.72. The van der Waals surface area contributed by atoms with Crippen molar-refractivity contribution in [3.05, 3.63) is 65.9 Å². The molecule has 11 nitrogen and oxygen atoms in total. The number of carbonyl (C=O) groups is 1. The van der Waals surface area contributed by atoms with Crippen LogP contribution in [0.5, 0.6) is 0 Å². The number of nitrogens with zero attached hydrogens (tertiary/aromatic N) is 7. The number of rotatable bonds is 6. The summed E-state index contributed by atoms with van der Waals surface area (Å²) in [5, 5.41) is 19.4. The van der Waals surface area contributed by atoms with Crippen molar-refractivity contribution >= 4 is 23.6 Å². The molecular formula is C20H19N9O2. The molecule has 0 bridgehead atoms. The molecule has 31 heavy (non-hydrogen) atoms. The van der Waals surface area contributed by atoms with Gasteiger partial charge in [0.1, 0.15) is 5.69 Å². The van der Waals surface area contributed by atoms with Gasteiger partial charge in [0, 0.05) is 25.3 Å². The van der Waals surface area contributed by atoms with Gasteiger partial charge in [0.2, 0.25) is 11.6 Å². The van der Waals surface area contributed by atoms with E-state index in [1.807, 2.05) is 73.6 Å². The van der Waals surface area contributed by atoms with Gasteiger partial charge in [-0.2, -0.15) is 9.78 Å². The van der Waals surface area contributed by atoms with Crippen molar-refractivity contribution in [2.24, 2.45) is 5.10 Å². The molecule has 0 spiro atoms. The van der Waals surface area contributed by atoms with Gasteiger partial charge in [-0.1, -0.05) is 47.7 Å². The zero-order chi connectivity index (χ0) is 21.8. The Bertz CT molecular complexity index is 1210. The molecule has 0 atom stereocenters. The maximum atomic E-state index is 12.8. The quantitative estimate of drug-likeness (QED) is 0.357. The van der Waals surface area contributed by atoms with E-state index in [0.29, 0.717) is 11.3 Å². The van der Waals surface area contributed by atoms with Gasteiger partial charge in [-0.05, 0) is 28.0 Å². The minimum absolute atomic E-state index is 0.0215. The number of amides is 1. The van der Waals surface area contributed by atoms with Crippen molar-refractivity contribution in [1.82, 2.24) is 30.7 Å². The lowest BCUT2D eigenvalue weighted by Gasteiger charge is -2.11. The van der Waals surface area contributed by atoms with Gasteiger partial charge < -0.3 is 10.6 Å². The maximum Gasteiger partial charge on any atom is 0.294 e. The molecule has 2 aromatic carbocycles. The number of nitrogens with two attached hydrogens (primary N) is 1. The lowest BCUT2D eigenvalue weighted by Crippen LogP contribution is -2.19. The number of hydrazone groups is 1. The second-order valence-corrected chi connectivity index (χ2v) is 6.72. The predicted molar refractivity (Wildman–Crippen MR) is 115 cm³/mol. The maximum absolute atomic E-state index is 12.8. The van der Waals surface area contributed by atoms with E-state index in [1.165, 1.54) is 4.68 Å². The molecule has 2 heterocycles. The van der Waals surface area contributed by atoms with Crippen LogP contribution < -0.4 is 16.1 Å². The molecule has 1 amide bonds. The summed E-state index contributed by atoms with van der Waals surface area (Å²) in [4.78, 5) is 14.8. The third kappa shape index (κ3) is 4.10. The first-order valence-electron chi connectivity index (χ1n) is 9.25. The van der Waals surface area contributed by atoms with E-state index in [1.54, 1.807) is 6.21 Å². The largest absolute Gasteiger partial charge is 0.378 e. The van der Waals surface area contributed by atoms with Gasteiger partial charge in [-0.25, -0.2) is 10.1 Å². The predicted octanol–water partition coefficient (Wildman–Crippen LogP) is 1.73. The number of nitrogens with one attached hydrogen (secondary N) is 1. The molecule has 0 aliphatic heterocycles. The van der Waals surface area contributed by atoms with Crippen molar-refractivity contribution < 1.29 is 9.42 Å². The number of hydrogen-bond acceptors (Lipinski definition) is 9. The highest BCUT2D eigenvalue weighted by Crippen LogP contribution is 2.26. The Morgan fingerprint density at radius 1 is 1.13 bits per heavy atom. The number of nitrogen functional groups attached to an aromatic ring is 1. The van der Waals surface area contributed by atoms with Crippen molar-refractivity contribution in [2.45, 2.75) is 0 Å². The zero-order valence-electron chi connectivity index (χ0n) is 16.8. The molecule has 0 saturated heterocycles. The molecule has 11 heteroatoms. The Balaban J connectivity index is 1.61. The highest BCUT2D eigenvalue weighted by Gasteiger charge is 2.24. The van der Waals surface area contributed by atoms with Crippen molar-refractivity contribution in [3.63, 3.8) is 0 Å². The summed E-state index contributed by atoms with van der Waals surface area (Å²) in [7, 11) is 3.92. The highest BCUT2D eigenvalue weighted by molar-refractivity contribution is 5.98. The first-order chi connectivity index (χ1) is 15.0. The van der Waals surface area contributed by atoms with Crippen LogP contribution in [0.1, 0.15) is 16.1 Å². The van der Waals surface area contributed by atoms with Gasteiger partial charge in [0.05, 0.1) is 6.21 Å². The topological polar surface area (TPSA) is 140 Å². The van der Waals surface area contributed by atoms with Gasteiger partial charge in [0.15, 0.2) is 5.69 Å². The van der Waals surface area contributed by atoms with Gasteiger partial charge in [-0.3, -0.25) is 4.79 Å². The summed E-state index contributed by atoms with van der Waals surface area (Å²) in [6, 6.07) is 16.8. The summed E-state index contributed by atoms with van der Waals surface area (Å²) in [5.41, 5.74) is 11.3. The molecule has 0 aliphatic carbocycles. The normalized spacial score (nSPS) is 11.0. The van der Waals surface area contributed by atoms with Crippen LogP contribution in [-0.4, -0.2) is 51.5 Å². The standard InChI is InChI=1S/C20H19N9O2/c1-28(2)15-10-8-13(9-11-15)12-22-24-20(30)16-17(14-6-4-3-5-7-14)29(27-23-16)19-18(21)25-31-26-19/h3-12H,1-2H3,(H2,21,25)(H,24,30)/b22-12+. The first kappa shape index (κ1) is 19.8. The van der Waals surface area contributed by atoms with E-state index < -0.39 is 5.91 Å². The number of benzene rings is 2. The van der Waals surface area contributed by atoms with E-state index in [0.717, 1.165) is 11.3 Å². The number of carbonyl (C=O) groups excluding carboxylic acids is 1. The van der Waals surface area contributed by atoms with E-state index in [-0.39, 0.29) is 17.3 Å². The number of anilines is 2. The van der Waals surface area contributed by atoms with Gasteiger partial charge in [-0.15, -0.1) is 5.10 Å². The smallest absolute Gasteiger partial charge is 0.294 e. The summed E-state index contributed by atoms with van der Waals surface area (Å²) < 4.78 is 5.96. The zero-order valence-corrected chi connectivity index (χ0v) is 16.8. The van der Waals surface area contributed by atoms with Gasteiger partial charge >= 0.3 is 0 Å². The molecule has 0 fully saturated rings. The van der Waals surface area contributed by atoms with Crippen LogP contribution >= 0.6 is 0 Å². The molecule has 0 aliphatic rings. The lowest BCUT2D eigenvalue weighted by atomic mass is 10.1. The lowest BCUT2D eigenvalue weighted by molar-refractivity contribution is 0.0950. The fraction of sp³-hybridized carbons (Fsp3) is 0.100. The Hall–Kier alpha value is -4.54. The van der Waals surface area contributed by atoms with Crippen LogP contribution in [0.2, 0.25) is 0 Å². The van der Waals surface area contributed by atoms with Crippen LogP contribution in [-0.2, 0) is 0 Å². The van der Waals surface area contributed by atoms with Crippen LogP contribution in [0.3, 0.4) is 0 Å². The van der Waals surface area contributed by atoms with Crippen LogP contribution in [0.4, 0.5) is 11.5 Å². The Morgan fingerprint density at radius 2 is 1.87 bits per heavy atom. The van der Waals surface area contributed by atoms with E-state index in [2.05, 4.69) is 35.8 Å². The third-order valence-corrected chi connectivity index (χ3v) is 4.42. The number of hydrogen-bond donors (Lipinski definition) is 2. The van der Waals surface area contributed by atoms with Crippen LogP contribution in [0, 0.1) is 0 Å². The van der Waals surface area contributed by atoms with Crippen molar-refractivity contribution in [3.8, 4) is 17.1 Å². The van der Waals surface area contributed by atoms with Crippen LogP contribution in [0.25, 0.3) is 17.1 Å². The average molecular weight is 417 g/mol. The molecule has 4 rings (SSSR count). The summed E-state index contributed by atoms with van der Waals surface area (Å²) in [6.45, 7) is 0. The summed E-state index contributed by atoms with van der Waals surface area (Å²) >= 11 is 0. The second kappa shape index (κ2) is 8.45. The fourth-order valence-electron chi connectivity index (χ4n) is 2.85. The molecule has 0 radical (unpaired) electrons. The minimum atomic E-state index is -0.540. The number of aromatic nitrogens is 5. The fourth-order valence-corrected chi connectivity index (χ4v) is 2.85. The molecular weight excluding hydrogens is 398 g/mol. The van der Waals surface area contributed by atoms with Gasteiger partial charge in [0.25, 0.3) is 5.91 Å². The molecule has 156 valence electrons. The molecule has 0 saturated carbocycles. The Kier molecular flexibility index (Phi) is 5.39. The van der Waals surface area contributed by atoms with E-state index in [4.69, 9.17) is 5.73 Å². The van der Waals surface area contributed by atoms with E-state index >= 15 is 0 Å². The molecule has 2 aromatic heterocycles. The van der Waals surface area contributed by atoms with Crippen molar-refractivity contribution in [1.29, 1.82) is 0 Å². The monoisotopic (exact) mass is 417 g/mol. The van der Waals surface area contributed by atoms with Crippen LogP contribution in [0.15, 0.2) is 64.3 Å². The molecule has 3 N–H and O–H groups in total. The minimum Gasteiger partial charge on any atom is -0.378 e. The average Bonchev–Trinajstić information content (AvgIpc) is 3.40. The first-order valence-corrected chi connectivity index (χ1v) is 9.25. The summed E-state index contributed by atoms with van der Waals surface area (Å²) in [6.07, 6.45) is 1.55. The molecule has 4 aromatic rings. The summed E-state index contributed by atoms with van der Waals surface area (Å²) in [5.74, 6) is -0.385. The Morgan fingerprint density at radius 3 is 2.52 bits per heavy atom. The highest BCUT2D eigenvalue weighted by atomic mass is 16.6.